The number of aromatic nitrogens is 2. The number of aryl methyl sites for hydroxylation is 1. The molecule has 0 aromatic carbocycles. The number of hydrogen-bond donors (Lipinski definition) is 1. The number of imidazole rings is 1. The molecule has 0 unspecified atom stereocenters. The maximum atomic E-state index is 10.3. The van der Waals surface area contributed by atoms with E-state index in [9.17, 15) is 5.11 Å². The molecule has 0 saturated carbocycles. The van der Waals surface area contributed by atoms with Crippen LogP contribution >= 0.6 is 11.8 Å². The zero-order chi connectivity index (χ0) is 11.6. The van der Waals surface area contributed by atoms with Crippen molar-refractivity contribution in [3.8, 4) is 0 Å². The first-order valence-electron chi connectivity index (χ1n) is 6.12. The largest absolute Gasteiger partial charge is 0.348 e. The van der Waals surface area contributed by atoms with E-state index in [4.69, 9.17) is 0 Å². The van der Waals surface area contributed by atoms with Gasteiger partial charge in [0, 0.05) is 12.6 Å². The minimum absolute atomic E-state index is 0.0450. The summed E-state index contributed by atoms with van der Waals surface area (Å²) in [6.45, 7) is 2.25. The van der Waals surface area contributed by atoms with E-state index in [1.54, 1.807) is 11.8 Å². The van der Waals surface area contributed by atoms with E-state index in [-0.39, 0.29) is 6.61 Å². The standard InChI is InChI=1S/C12H21N2OS/c1-2-3-4-7-11-13-10-12(14-11)16-9-6-5-8-15/h10H,2-9H2,1H3,(H,13,14). The molecule has 0 aliphatic carbocycles. The third-order valence-electron chi connectivity index (χ3n) is 2.41. The van der Waals surface area contributed by atoms with Crippen LogP contribution in [0, 0.1) is 0 Å². The van der Waals surface area contributed by atoms with Crippen LogP contribution in [0.3, 0.4) is 0 Å². The fraction of sp³-hybridized carbons (Fsp3) is 0.750. The molecule has 0 saturated heterocycles. The van der Waals surface area contributed by atoms with Gasteiger partial charge in [0.2, 0.25) is 0 Å². The molecule has 3 nitrogen and oxygen atoms in total. The predicted molar refractivity (Wildman–Crippen MR) is 67.3 cm³/mol. The second-order valence-electron chi connectivity index (χ2n) is 3.90. The summed E-state index contributed by atoms with van der Waals surface area (Å²) in [4.78, 5) is 7.72. The smallest absolute Gasteiger partial charge is 0.114 e. The van der Waals surface area contributed by atoms with Crippen molar-refractivity contribution in [2.24, 2.45) is 0 Å². The zero-order valence-electron chi connectivity index (χ0n) is 10.00. The molecule has 0 aliphatic rings. The van der Waals surface area contributed by atoms with E-state index in [1.807, 2.05) is 6.20 Å². The predicted octanol–water partition coefficient (Wildman–Crippen LogP) is 3.45. The first kappa shape index (κ1) is 13.6. The number of nitrogens with one attached hydrogen (secondary N) is 1. The van der Waals surface area contributed by atoms with E-state index >= 15 is 0 Å². The molecular weight excluding hydrogens is 220 g/mol. The van der Waals surface area contributed by atoms with Crippen LogP contribution in [0.2, 0.25) is 0 Å². The topological polar surface area (TPSA) is 48.6 Å². The molecule has 0 spiro atoms. The second-order valence-corrected chi connectivity index (χ2v) is 5.02. The van der Waals surface area contributed by atoms with Crippen LogP contribution in [0.1, 0.15) is 44.9 Å². The van der Waals surface area contributed by atoms with Gasteiger partial charge in [-0.15, -0.1) is 11.8 Å². The Labute approximate surface area is 102 Å². The number of nitrogens with zero attached hydrogens (tertiary/aromatic N) is 1. The van der Waals surface area contributed by atoms with Gasteiger partial charge in [0.25, 0.3) is 0 Å². The Morgan fingerprint density at radius 1 is 1.31 bits per heavy atom. The Hall–Kier alpha value is -0.480. The van der Waals surface area contributed by atoms with Crippen LogP contribution in [-0.2, 0) is 11.5 Å². The lowest BCUT2D eigenvalue weighted by Gasteiger charge is -1.96. The van der Waals surface area contributed by atoms with Crippen molar-refractivity contribution in [2.75, 3.05) is 12.4 Å². The Balaban J connectivity index is 2.17. The number of aromatic amines is 1. The fourth-order valence-electron chi connectivity index (χ4n) is 1.47. The highest BCUT2D eigenvalue weighted by Crippen LogP contribution is 2.17. The lowest BCUT2D eigenvalue weighted by atomic mass is 10.2. The highest BCUT2D eigenvalue weighted by Gasteiger charge is 2.01. The number of hydrogen-bond acceptors (Lipinski definition) is 2. The average Bonchev–Trinajstić information content (AvgIpc) is 2.73. The van der Waals surface area contributed by atoms with Gasteiger partial charge in [0.1, 0.15) is 10.9 Å². The van der Waals surface area contributed by atoms with Gasteiger partial charge in [0.05, 0.1) is 6.61 Å². The molecule has 4 heteroatoms. The Kier molecular flexibility index (Phi) is 7.34. The Morgan fingerprint density at radius 3 is 2.94 bits per heavy atom. The van der Waals surface area contributed by atoms with Crippen LogP contribution in [-0.4, -0.2) is 22.3 Å². The summed E-state index contributed by atoms with van der Waals surface area (Å²) < 4.78 is 0. The third-order valence-corrected chi connectivity index (χ3v) is 3.41. The van der Waals surface area contributed by atoms with Crippen molar-refractivity contribution >= 4 is 11.8 Å². The molecule has 0 aliphatic heterocycles. The van der Waals surface area contributed by atoms with Gasteiger partial charge in [0.15, 0.2) is 0 Å². The minimum atomic E-state index is 0.0450. The molecule has 1 aromatic rings. The van der Waals surface area contributed by atoms with E-state index < -0.39 is 0 Å². The molecule has 91 valence electrons. The van der Waals surface area contributed by atoms with E-state index in [2.05, 4.69) is 16.9 Å². The molecule has 0 atom stereocenters. The number of thioether (sulfide) groups is 1. The van der Waals surface area contributed by atoms with Crippen molar-refractivity contribution in [2.45, 2.75) is 50.5 Å². The highest BCUT2D eigenvalue weighted by atomic mass is 32.2. The van der Waals surface area contributed by atoms with Gasteiger partial charge in [-0.1, -0.05) is 19.8 Å². The van der Waals surface area contributed by atoms with Crippen LogP contribution in [0.25, 0.3) is 0 Å². The maximum Gasteiger partial charge on any atom is 0.114 e. The van der Waals surface area contributed by atoms with Gasteiger partial charge in [-0.2, -0.15) is 0 Å². The minimum Gasteiger partial charge on any atom is -0.348 e. The van der Waals surface area contributed by atoms with E-state index in [0.717, 1.165) is 35.9 Å². The van der Waals surface area contributed by atoms with Gasteiger partial charge in [-0.3, -0.25) is 0 Å². The van der Waals surface area contributed by atoms with E-state index in [0.29, 0.717) is 0 Å². The fourth-order valence-corrected chi connectivity index (χ4v) is 2.34. The monoisotopic (exact) mass is 241 g/mol. The van der Waals surface area contributed by atoms with Gasteiger partial charge in [-0.05, 0) is 25.0 Å². The van der Waals surface area contributed by atoms with E-state index in [1.165, 1.54) is 19.3 Å². The molecule has 0 fully saturated rings. The lowest BCUT2D eigenvalue weighted by molar-refractivity contribution is 0.188. The van der Waals surface area contributed by atoms with Crippen molar-refractivity contribution in [3.05, 3.63) is 12.0 Å². The summed E-state index contributed by atoms with van der Waals surface area (Å²) in [6.07, 6.45) is 8.53. The average molecular weight is 241 g/mol. The molecule has 1 N–H and O–H groups in total. The van der Waals surface area contributed by atoms with Gasteiger partial charge < -0.3 is 4.98 Å². The molecule has 0 bridgehead atoms. The van der Waals surface area contributed by atoms with Crippen LogP contribution < -0.4 is 0 Å². The SMILES string of the molecule is CCCCCc1nc(SCCCC[O])c[nH]1. The van der Waals surface area contributed by atoms with Crippen molar-refractivity contribution < 1.29 is 5.11 Å². The Morgan fingerprint density at radius 2 is 2.19 bits per heavy atom. The maximum absolute atomic E-state index is 10.3. The first-order valence-corrected chi connectivity index (χ1v) is 7.10. The number of unbranched alkanes of at least 4 members (excludes halogenated alkanes) is 3. The third kappa shape index (κ3) is 5.56. The van der Waals surface area contributed by atoms with Gasteiger partial charge in [-0.25, -0.2) is 10.1 Å². The normalized spacial score (nSPS) is 10.9. The Bertz CT molecular complexity index is 276. The molecule has 0 amide bonds. The molecule has 1 heterocycles. The van der Waals surface area contributed by atoms with Crippen LogP contribution in [0.4, 0.5) is 0 Å². The number of rotatable bonds is 9. The molecule has 1 radical (unpaired) electrons. The van der Waals surface area contributed by atoms with Crippen molar-refractivity contribution in [1.29, 1.82) is 0 Å². The number of H-pyrrole nitrogens is 1. The summed E-state index contributed by atoms with van der Waals surface area (Å²) >= 11 is 1.74. The van der Waals surface area contributed by atoms with Crippen LogP contribution in [0.15, 0.2) is 11.2 Å². The molecule has 1 aromatic heterocycles. The summed E-state index contributed by atoms with van der Waals surface area (Å²) in [5.41, 5.74) is 0. The lowest BCUT2D eigenvalue weighted by Crippen LogP contribution is -1.88. The molecule has 1 rings (SSSR count). The van der Waals surface area contributed by atoms with Crippen molar-refractivity contribution in [3.63, 3.8) is 0 Å². The quantitative estimate of drug-likeness (QED) is 0.532. The summed E-state index contributed by atoms with van der Waals surface area (Å²) in [7, 11) is 0. The zero-order valence-corrected chi connectivity index (χ0v) is 10.8. The highest BCUT2D eigenvalue weighted by molar-refractivity contribution is 7.99. The first-order chi connectivity index (χ1) is 7.86. The summed E-state index contributed by atoms with van der Waals surface area (Å²) in [5, 5.41) is 11.3. The molecular formula is C12H21N2OS. The van der Waals surface area contributed by atoms with Gasteiger partial charge >= 0.3 is 0 Å². The second kappa shape index (κ2) is 8.65. The summed E-state index contributed by atoms with van der Waals surface area (Å²) in [6, 6.07) is 0. The van der Waals surface area contributed by atoms with Crippen LogP contribution in [0.5, 0.6) is 0 Å². The van der Waals surface area contributed by atoms with Crippen molar-refractivity contribution in [1.82, 2.24) is 9.97 Å². The molecule has 16 heavy (non-hydrogen) atoms. The summed E-state index contributed by atoms with van der Waals surface area (Å²) in [5.74, 6) is 2.10.